The van der Waals surface area contributed by atoms with Crippen molar-refractivity contribution in [1.29, 1.82) is 0 Å². The quantitative estimate of drug-likeness (QED) is 0.727. The van der Waals surface area contributed by atoms with Gasteiger partial charge in [-0.05, 0) is 49.9 Å². The third-order valence-electron chi connectivity index (χ3n) is 4.67. The lowest BCUT2D eigenvalue weighted by atomic mass is 9.89. The van der Waals surface area contributed by atoms with E-state index in [9.17, 15) is 14.0 Å². The molecule has 0 radical (unpaired) electrons. The van der Waals surface area contributed by atoms with E-state index in [1.807, 2.05) is 0 Å². The van der Waals surface area contributed by atoms with Crippen LogP contribution >= 0.6 is 0 Å². The Balaban J connectivity index is 1.81. The summed E-state index contributed by atoms with van der Waals surface area (Å²) in [6.45, 7) is 1.76. The zero-order valence-electron chi connectivity index (χ0n) is 13.7. The fourth-order valence-electron chi connectivity index (χ4n) is 3.32. The summed E-state index contributed by atoms with van der Waals surface area (Å²) in [7, 11) is 1.52. The third kappa shape index (κ3) is 3.51. The Morgan fingerprint density at radius 2 is 1.96 bits per heavy atom. The van der Waals surface area contributed by atoms with Crippen molar-refractivity contribution < 1.29 is 18.7 Å². The van der Waals surface area contributed by atoms with Gasteiger partial charge in [0.1, 0.15) is 17.6 Å². The maximum Gasteiger partial charge on any atom is 0.249 e. The van der Waals surface area contributed by atoms with Crippen molar-refractivity contribution in [2.75, 3.05) is 25.5 Å². The summed E-state index contributed by atoms with van der Waals surface area (Å²) in [5.74, 6) is -0.287. The molecule has 3 N–H and O–H groups in total. The number of amides is 2. The minimum Gasteiger partial charge on any atom is -0.495 e. The largest absolute Gasteiger partial charge is 0.495 e. The molecule has 1 unspecified atom stereocenters. The van der Waals surface area contributed by atoms with Gasteiger partial charge in [0.2, 0.25) is 11.8 Å². The smallest absolute Gasteiger partial charge is 0.249 e. The Labute approximate surface area is 140 Å². The van der Waals surface area contributed by atoms with E-state index in [1.165, 1.54) is 13.2 Å². The summed E-state index contributed by atoms with van der Waals surface area (Å²) >= 11 is 0. The molecule has 2 aliphatic heterocycles. The second kappa shape index (κ2) is 7.17. The van der Waals surface area contributed by atoms with Gasteiger partial charge in [0.05, 0.1) is 12.8 Å². The van der Waals surface area contributed by atoms with E-state index in [1.54, 1.807) is 6.07 Å². The van der Waals surface area contributed by atoms with Gasteiger partial charge in [-0.2, -0.15) is 0 Å². The van der Waals surface area contributed by atoms with Crippen molar-refractivity contribution >= 4 is 17.5 Å². The zero-order chi connectivity index (χ0) is 17.1. The first-order valence-corrected chi connectivity index (χ1v) is 8.27. The van der Waals surface area contributed by atoms with Gasteiger partial charge in [-0.3, -0.25) is 14.9 Å². The summed E-state index contributed by atoms with van der Waals surface area (Å²) in [6, 6.07) is 2.54. The average molecular weight is 335 g/mol. The molecule has 0 aromatic heterocycles. The van der Waals surface area contributed by atoms with Crippen molar-refractivity contribution in [3.8, 4) is 5.75 Å². The Morgan fingerprint density at radius 3 is 2.62 bits per heavy atom. The van der Waals surface area contributed by atoms with Crippen LogP contribution in [-0.2, 0) is 9.59 Å². The predicted octanol–water partition coefficient (Wildman–Crippen LogP) is 1.52. The van der Waals surface area contributed by atoms with Crippen LogP contribution in [-0.4, -0.2) is 38.1 Å². The molecule has 0 bridgehead atoms. The maximum absolute atomic E-state index is 14.6. The Kier molecular flexibility index (Phi) is 4.99. The number of hydrogen-bond acceptors (Lipinski definition) is 5. The number of ether oxygens (including phenoxy) is 1. The second-order valence-corrected chi connectivity index (χ2v) is 6.25. The Bertz CT molecular complexity index is 644. The zero-order valence-corrected chi connectivity index (χ0v) is 13.7. The molecule has 1 aromatic carbocycles. The van der Waals surface area contributed by atoms with Crippen LogP contribution in [0.3, 0.4) is 0 Å². The van der Waals surface area contributed by atoms with E-state index < -0.39 is 11.9 Å². The molecule has 0 saturated carbocycles. The highest BCUT2D eigenvalue weighted by molar-refractivity contribution is 6.01. The Morgan fingerprint density at radius 1 is 1.21 bits per heavy atom. The molecule has 130 valence electrons. The molecule has 0 aliphatic carbocycles. The predicted molar refractivity (Wildman–Crippen MR) is 87.6 cm³/mol. The number of imide groups is 1. The number of rotatable bonds is 4. The van der Waals surface area contributed by atoms with Crippen molar-refractivity contribution in [1.82, 2.24) is 10.6 Å². The van der Waals surface area contributed by atoms with Gasteiger partial charge in [0, 0.05) is 12.5 Å². The van der Waals surface area contributed by atoms with Gasteiger partial charge in [-0.15, -0.1) is 0 Å². The van der Waals surface area contributed by atoms with Gasteiger partial charge in [-0.25, -0.2) is 4.39 Å². The lowest BCUT2D eigenvalue weighted by Gasteiger charge is -2.26. The molecular formula is C17H22FN3O3. The summed E-state index contributed by atoms with van der Waals surface area (Å²) in [5.41, 5.74) is 1.09. The van der Waals surface area contributed by atoms with Gasteiger partial charge in [0.15, 0.2) is 0 Å². The summed E-state index contributed by atoms with van der Waals surface area (Å²) < 4.78 is 20.0. The first kappa shape index (κ1) is 16.7. The average Bonchev–Trinajstić information content (AvgIpc) is 2.58. The molecule has 2 saturated heterocycles. The highest BCUT2D eigenvalue weighted by atomic mass is 19.1. The normalized spacial score (nSPS) is 22.2. The van der Waals surface area contributed by atoms with Gasteiger partial charge in [-0.1, -0.05) is 0 Å². The number of anilines is 1. The number of nitrogens with one attached hydrogen (secondary N) is 3. The van der Waals surface area contributed by atoms with Crippen molar-refractivity contribution in [2.24, 2.45) is 0 Å². The molecule has 0 spiro atoms. The topological polar surface area (TPSA) is 79.5 Å². The number of halogens is 1. The van der Waals surface area contributed by atoms with Gasteiger partial charge >= 0.3 is 0 Å². The molecule has 1 atom stereocenters. The monoisotopic (exact) mass is 335 g/mol. The number of piperidine rings is 2. The lowest BCUT2D eigenvalue weighted by Crippen LogP contribution is -2.47. The number of carbonyl (C=O) groups excluding carboxylic acids is 2. The van der Waals surface area contributed by atoms with E-state index in [4.69, 9.17) is 4.74 Å². The number of carbonyl (C=O) groups is 2. The maximum atomic E-state index is 14.6. The summed E-state index contributed by atoms with van der Waals surface area (Å²) in [5, 5.41) is 8.55. The first-order chi connectivity index (χ1) is 11.6. The third-order valence-corrected chi connectivity index (χ3v) is 4.67. The SMILES string of the molecule is COc1cc(C2CCNCC2)c(F)cc1NC1CCC(=O)NC1=O. The van der Waals surface area contributed by atoms with Gasteiger partial charge < -0.3 is 15.4 Å². The van der Waals surface area contributed by atoms with Crippen LogP contribution in [0.15, 0.2) is 12.1 Å². The van der Waals surface area contributed by atoms with Crippen molar-refractivity contribution in [3.05, 3.63) is 23.5 Å². The van der Waals surface area contributed by atoms with Crippen LogP contribution in [0, 0.1) is 5.82 Å². The highest BCUT2D eigenvalue weighted by Gasteiger charge is 2.28. The van der Waals surface area contributed by atoms with Crippen LogP contribution in [0.25, 0.3) is 0 Å². The lowest BCUT2D eigenvalue weighted by molar-refractivity contribution is -0.133. The van der Waals surface area contributed by atoms with E-state index in [0.717, 1.165) is 25.9 Å². The van der Waals surface area contributed by atoms with Crippen LogP contribution in [0.5, 0.6) is 5.75 Å². The van der Waals surface area contributed by atoms with E-state index in [2.05, 4.69) is 16.0 Å². The molecule has 7 heteroatoms. The fraction of sp³-hybridized carbons (Fsp3) is 0.529. The van der Waals surface area contributed by atoms with Crippen molar-refractivity contribution in [3.63, 3.8) is 0 Å². The number of methoxy groups -OCH3 is 1. The molecule has 2 fully saturated rings. The van der Waals surface area contributed by atoms with Crippen LogP contribution in [0.4, 0.5) is 10.1 Å². The van der Waals surface area contributed by atoms with Crippen LogP contribution in [0.1, 0.15) is 37.2 Å². The first-order valence-electron chi connectivity index (χ1n) is 8.27. The highest BCUT2D eigenvalue weighted by Crippen LogP contribution is 2.35. The van der Waals surface area contributed by atoms with Crippen LogP contribution in [0.2, 0.25) is 0 Å². The number of hydrogen-bond donors (Lipinski definition) is 3. The molecule has 3 rings (SSSR count). The van der Waals surface area contributed by atoms with E-state index >= 15 is 0 Å². The van der Waals surface area contributed by atoms with Crippen molar-refractivity contribution in [2.45, 2.75) is 37.6 Å². The second-order valence-electron chi connectivity index (χ2n) is 6.25. The molecular weight excluding hydrogens is 313 g/mol. The molecule has 2 heterocycles. The van der Waals surface area contributed by atoms with E-state index in [0.29, 0.717) is 23.4 Å². The molecule has 6 nitrogen and oxygen atoms in total. The molecule has 2 aliphatic rings. The van der Waals surface area contributed by atoms with Gasteiger partial charge in [0.25, 0.3) is 0 Å². The molecule has 1 aromatic rings. The summed E-state index contributed by atoms with van der Waals surface area (Å²) in [4.78, 5) is 23.1. The molecule has 2 amide bonds. The number of benzene rings is 1. The standard InChI is InChI=1S/C17H22FN3O3/c1-24-15-8-11(10-4-6-19-7-5-10)12(18)9-14(15)20-13-2-3-16(22)21-17(13)23/h8-10,13,19-20H,2-7H2,1H3,(H,21,22,23). The van der Waals surface area contributed by atoms with E-state index in [-0.39, 0.29) is 24.1 Å². The Hall–Kier alpha value is -2.15. The fourth-order valence-corrected chi connectivity index (χ4v) is 3.32. The van der Waals surface area contributed by atoms with Crippen LogP contribution < -0.4 is 20.7 Å². The summed E-state index contributed by atoms with van der Waals surface area (Å²) in [6.07, 6.45) is 2.42. The minimum absolute atomic E-state index is 0.171. The minimum atomic E-state index is -0.569. The molecule has 24 heavy (non-hydrogen) atoms.